The van der Waals surface area contributed by atoms with Crippen LogP contribution in [0.25, 0.3) is 0 Å². The molecule has 0 atom stereocenters. The van der Waals surface area contributed by atoms with Crippen molar-refractivity contribution in [3.63, 3.8) is 0 Å². The zero-order valence-electron chi connectivity index (χ0n) is 9.61. The first kappa shape index (κ1) is 12.7. The van der Waals surface area contributed by atoms with Gasteiger partial charge < -0.3 is 10.6 Å². The summed E-state index contributed by atoms with van der Waals surface area (Å²) in [6.07, 6.45) is 1.99. The summed E-state index contributed by atoms with van der Waals surface area (Å²) >= 11 is 0. The summed E-state index contributed by atoms with van der Waals surface area (Å²) in [5.74, 6) is -0.258. The number of hydrogen-bond acceptors (Lipinski definition) is 4. The maximum Gasteiger partial charge on any atom is 0.280 e. The van der Waals surface area contributed by atoms with Gasteiger partial charge in [0.05, 0.1) is 6.54 Å². The second-order valence-corrected chi connectivity index (χ2v) is 6.07. The largest absolute Gasteiger partial charge is 0.352 e. The van der Waals surface area contributed by atoms with Crippen LogP contribution in [0.4, 0.5) is 0 Å². The van der Waals surface area contributed by atoms with E-state index in [1.54, 1.807) is 0 Å². The molecule has 1 aliphatic carbocycles. The Bertz CT molecular complexity index is 374. The van der Waals surface area contributed by atoms with Crippen molar-refractivity contribution >= 4 is 16.1 Å². The van der Waals surface area contributed by atoms with Crippen LogP contribution in [0, 0.1) is 0 Å². The van der Waals surface area contributed by atoms with Crippen molar-refractivity contribution in [2.45, 2.75) is 18.9 Å². The molecule has 2 fully saturated rings. The van der Waals surface area contributed by atoms with Crippen LogP contribution < -0.4 is 15.4 Å². The molecule has 7 nitrogen and oxygen atoms in total. The number of carbonyl (C=O) groups excluding carboxylic acids is 1. The van der Waals surface area contributed by atoms with Crippen molar-refractivity contribution in [2.75, 3.05) is 32.7 Å². The molecule has 0 aromatic heterocycles. The number of piperazine rings is 1. The van der Waals surface area contributed by atoms with E-state index in [1.807, 2.05) is 0 Å². The fourth-order valence-corrected chi connectivity index (χ4v) is 2.80. The smallest absolute Gasteiger partial charge is 0.280 e. The predicted molar refractivity (Wildman–Crippen MR) is 62.5 cm³/mol. The summed E-state index contributed by atoms with van der Waals surface area (Å²) in [7, 11) is -3.51. The highest BCUT2D eigenvalue weighted by Gasteiger charge is 2.26. The Kier molecular flexibility index (Phi) is 3.97. The van der Waals surface area contributed by atoms with Gasteiger partial charge in [-0.2, -0.15) is 17.4 Å². The van der Waals surface area contributed by atoms with Crippen LogP contribution in [0.15, 0.2) is 0 Å². The molecule has 1 amide bonds. The van der Waals surface area contributed by atoms with E-state index in [-0.39, 0.29) is 18.5 Å². The lowest BCUT2D eigenvalue weighted by Crippen LogP contribution is -2.52. The van der Waals surface area contributed by atoms with Crippen molar-refractivity contribution in [2.24, 2.45) is 0 Å². The van der Waals surface area contributed by atoms with Gasteiger partial charge in [-0.25, -0.2) is 0 Å². The van der Waals surface area contributed by atoms with Crippen LogP contribution in [0.2, 0.25) is 0 Å². The van der Waals surface area contributed by atoms with Gasteiger partial charge in [0.1, 0.15) is 0 Å². The second kappa shape index (κ2) is 5.30. The van der Waals surface area contributed by atoms with Crippen molar-refractivity contribution in [3.8, 4) is 0 Å². The monoisotopic (exact) mass is 262 g/mol. The van der Waals surface area contributed by atoms with E-state index in [2.05, 4.69) is 15.4 Å². The van der Waals surface area contributed by atoms with Crippen LogP contribution in [-0.2, 0) is 15.0 Å². The van der Waals surface area contributed by atoms with Gasteiger partial charge in [0.25, 0.3) is 10.2 Å². The molecule has 2 rings (SSSR count). The van der Waals surface area contributed by atoms with E-state index >= 15 is 0 Å². The molecule has 0 spiro atoms. The third-order valence-electron chi connectivity index (χ3n) is 2.77. The number of rotatable bonds is 5. The maximum atomic E-state index is 11.8. The SMILES string of the molecule is O=C(CNS(=O)(=O)N1CCNCC1)NC1CC1. The molecule has 0 unspecified atom stereocenters. The second-order valence-electron chi connectivity index (χ2n) is 4.32. The summed E-state index contributed by atoms with van der Waals surface area (Å²) < 4.78 is 27.3. The van der Waals surface area contributed by atoms with Crippen LogP contribution in [0.5, 0.6) is 0 Å². The molecule has 0 radical (unpaired) electrons. The Labute approximate surface area is 101 Å². The molecule has 0 aromatic rings. The lowest BCUT2D eigenvalue weighted by atomic mass is 10.4. The van der Waals surface area contributed by atoms with E-state index in [0.717, 1.165) is 12.8 Å². The molecule has 3 N–H and O–H groups in total. The van der Waals surface area contributed by atoms with E-state index < -0.39 is 10.2 Å². The van der Waals surface area contributed by atoms with E-state index in [0.29, 0.717) is 26.2 Å². The number of nitrogens with one attached hydrogen (secondary N) is 3. The highest BCUT2D eigenvalue weighted by molar-refractivity contribution is 7.87. The third-order valence-corrected chi connectivity index (χ3v) is 4.33. The van der Waals surface area contributed by atoms with E-state index in [4.69, 9.17) is 0 Å². The van der Waals surface area contributed by atoms with Gasteiger partial charge in [0.15, 0.2) is 0 Å². The van der Waals surface area contributed by atoms with Crippen molar-refractivity contribution in [3.05, 3.63) is 0 Å². The summed E-state index contributed by atoms with van der Waals surface area (Å²) in [5, 5.41) is 5.81. The lowest BCUT2D eigenvalue weighted by molar-refractivity contribution is -0.120. The summed E-state index contributed by atoms with van der Waals surface area (Å²) in [4.78, 5) is 11.4. The standard InChI is InChI=1S/C9H18N4O3S/c14-9(12-8-1-2-8)7-11-17(15,16)13-5-3-10-4-6-13/h8,10-11H,1-7H2,(H,12,14). The Balaban J connectivity index is 1.77. The lowest BCUT2D eigenvalue weighted by Gasteiger charge is -2.26. The van der Waals surface area contributed by atoms with Crippen LogP contribution in [0.3, 0.4) is 0 Å². The molecule has 8 heteroatoms. The van der Waals surface area contributed by atoms with Gasteiger partial charge >= 0.3 is 0 Å². The van der Waals surface area contributed by atoms with Crippen LogP contribution in [-0.4, -0.2) is 57.4 Å². The minimum atomic E-state index is -3.51. The first-order chi connectivity index (χ1) is 8.08. The fraction of sp³-hybridized carbons (Fsp3) is 0.889. The highest BCUT2D eigenvalue weighted by Crippen LogP contribution is 2.18. The van der Waals surface area contributed by atoms with Gasteiger partial charge in [0.2, 0.25) is 5.91 Å². The first-order valence-corrected chi connectivity index (χ1v) is 7.27. The Morgan fingerprint density at radius 2 is 1.94 bits per heavy atom. The van der Waals surface area contributed by atoms with Gasteiger partial charge in [-0.15, -0.1) is 0 Å². The zero-order chi connectivity index (χ0) is 12.3. The minimum absolute atomic E-state index is 0.178. The number of amides is 1. The highest BCUT2D eigenvalue weighted by atomic mass is 32.2. The fourth-order valence-electron chi connectivity index (χ4n) is 1.64. The molecule has 2 aliphatic rings. The van der Waals surface area contributed by atoms with Crippen LogP contribution >= 0.6 is 0 Å². The topological polar surface area (TPSA) is 90.5 Å². The average molecular weight is 262 g/mol. The zero-order valence-corrected chi connectivity index (χ0v) is 10.4. The first-order valence-electron chi connectivity index (χ1n) is 5.83. The number of nitrogens with zero attached hydrogens (tertiary/aromatic N) is 1. The van der Waals surface area contributed by atoms with Gasteiger partial charge in [0, 0.05) is 32.2 Å². The van der Waals surface area contributed by atoms with Crippen molar-refractivity contribution in [1.29, 1.82) is 0 Å². The Morgan fingerprint density at radius 1 is 1.29 bits per heavy atom. The summed E-state index contributed by atoms with van der Waals surface area (Å²) in [6, 6.07) is 0.256. The van der Waals surface area contributed by atoms with E-state index in [1.165, 1.54) is 4.31 Å². The summed E-state index contributed by atoms with van der Waals surface area (Å²) in [5.41, 5.74) is 0. The molecule has 17 heavy (non-hydrogen) atoms. The molecule has 1 aliphatic heterocycles. The van der Waals surface area contributed by atoms with Gasteiger partial charge in [-0.3, -0.25) is 4.79 Å². The Morgan fingerprint density at radius 3 is 2.53 bits per heavy atom. The molecular formula is C9H18N4O3S. The van der Waals surface area contributed by atoms with Crippen LogP contribution in [0.1, 0.15) is 12.8 Å². The number of hydrogen-bond donors (Lipinski definition) is 3. The number of carbonyl (C=O) groups is 1. The quantitative estimate of drug-likeness (QED) is 0.535. The summed E-state index contributed by atoms with van der Waals surface area (Å²) in [6.45, 7) is 2.01. The molecule has 0 bridgehead atoms. The minimum Gasteiger partial charge on any atom is -0.352 e. The normalized spacial score (nSPS) is 22.4. The van der Waals surface area contributed by atoms with Crippen molar-refractivity contribution in [1.82, 2.24) is 19.7 Å². The molecule has 1 saturated carbocycles. The third kappa shape index (κ3) is 3.91. The van der Waals surface area contributed by atoms with Gasteiger partial charge in [-0.05, 0) is 12.8 Å². The van der Waals surface area contributed by atoms with Gasteiger partial charge in [-0.1, -0.05) is 0 Å². The predicted octanol–water partition coefficient (Wildman–Crippen LogP) is -2.00. The molecule has 0 aromatic carbocycles. The van der Waals surface area contributed by atoms with E-state index in [9.17, 15) is 13.2 Å². The molecule has 1 saturated heterocycles. The Hall–Kier alpha value is -0.700. The molecular weight excluding hydrogens is 244 g/mol. The maximum absolute atomic E-state index is 11.8. The van der Waals surface area contributed by atoms with Crippen molar-refractivity contribution < 1.29 is 13.2 Å². The molecule has 1 heterocycles. The average Bonchev–Trinajstić information content (AvgIpc) is 3.12. The molecule has 98 valence electrons.